The maximum atomic E-state index is 11.6. The standard InChI is InChI=1S/C30H30Cl3N3O3/c1-18(2)24-16-34-36(29-25(32)6-5-7-26(29)33)28(24)17-39-22-9-11-27(19(3)14-22)35(4)13-12-20-15-21(31)8-10-23(20)30(37)38/h5-11,14-16,18H,12-13,17H2,1-4H3,(H,37,38). The number of carboxylic acid groups (broad SMARTS) is 1. The molecule has 0 spiro atoms. The number of hydrogen-bond donors (Lipinski definition) is 1. The zero-order valence-electron chi connectivity index (χ0n) is 22.2. The van der Waals surface area contributed by atoms with Gasteiger partial charge in [-0.3, -0.25) is 0 Å². The van der Waals surface area contributed by atoms with Crippen LogP contribution in [0.2, 0.25) is 15.1 Å². The molecule has 1 heterocycles. The maximum absolute atomic E-state index is 11.6. The maximum Gasteiger partial charge on any atom is 0.335 e. The first-order chi connectivity index (χ1) is 18.6. The number of para-hydroxylation sites is 1. The van der Waals surface area contributed by atoms with Gasteiger partial charge >= 0.3 is 5.97 Å². The number of aromatic nitrogens is 2. The molecule has 204 valence electrons. The van der Waals surface area contributed by atoms with Gasteiger partial charge in [-0.2, -0.15) is 5.10 Å². The Morgan fingerprint density at radius 1 is 1.08 bits per heavy atom. The second-order valence-electron chi connectivity index (χ2n) is 9.70. The molecule has 0 aliphatic carbocycles. The Balaban J connectivity index is 1.50. The number of aromatic carboxylic acids is 1. The molecule has 0 fully saturated rings. The molecule has 6 nitrogen and oxygen atoms in total. The lowest BCUT2D eigenvalue weighted by atomic mass is 10.0. The van der Waals surface area contributed by atoms with Gasteiger partial charge in [-0.1, -0.05) is 54.7 Å². The summed E-state index contributed by atoms with van der Waals surface area (Å²) in [7, 11) is 1.98. The lowest BCUT2D eigenvalue weighted by Gasteiger charge is -2.22. The molecule has 0 aliphatic heterocycles. The fourth-order valence-corrected chi connectivity index (χ4v) is 5.33. The smallest absolute Gasteiger partial charge is 0.335 e. The third-order valence-electron chi connectivity index (χ3n) is 6.64. The molecule has 0 aliphatic rings. The van der Waals surface area contributed by atoms with E-state index < -0.39 is 5.97 Å². The van der Waals surface area contributed by atoms with E-state index in [1.807, 2.05) is 38.4 Å². The van der Waals surface area contributed by atoms with Crippen LogP contribution in [0.3, 0.4) is 0 Å². The van der Waals surface area contributed by atoms with Crippen molar-refractivity contribution in [2.24, 2.45) is 0 Å². The third-order valence-corrected chi connectivity index (χ3v) is 7.49. The van der Waals surface area contributed by atoms with Crippen molar-refractivity contribution in [1.29, 1.82) is 0 Å². The van der Waals surface area contributed by atoms with Gasteiger partial charge in [0.2, 0.25) is 0 Å². The van der Waals surface area contributed by atoms with E-state index in [0.29, 0.717) is 39.3 Å². The first kappa shape index (κ1) is 28.8. The van der Waals surface area contributed by atoms with Crippen molar-refractivity contribution in [3.63, 3.8) is 0 Å². The number of hydrogen-bond acceptors (Lipinski definition) is 4. The summed E-state index contributed by atoms with van der Waals surface area (Å²) in [5.74, 6) is -0.00124. The van der Waals surface area contributed by atoms with Crippen LogP contribution in [0.25, 0.3) is 5.69 Å². The second-order valence-corrected chi connectivity index (χ2v) is 10.9. The second kappa shape index (κ2) is 12.3. The molecule has 4 rings (SSSR count). The van der Waals surface area contributed by atoms with Gasteiger partial charge in [0.25, 0.3) is 0 Å². The summed E-state index contributed by atoms with van der Waals surface area (Å²) in [6.07, 6.45) is 2.38. The monoisotopic (exact) mass is 585 g/mol. The van der Waals surface area contributed by atoms with Crippen LogP contribution < -0.4 is 9.64 Å². The first-order valence-corrected chi connectivity index (χ1v) is 13.7. The zero-order valence-corrected chi connectivity index (χ0v) is 24.5. The first-order valence-electron chi connectivity index (χ1n) is 12.5. The minimum absolute atomic E-state index is 0.234. The number of benzene rings is 3. The molecule has 9 heteroatoms. The van der Waals surface area contributed by atoms with Crippen molar-refractivity contribution >= 4 is 46.5 Å². The molecule has 0 saturated carbocycles. The molecule has 1 aromatic heterocycles. The largest absolute Gasteiger partial charge is 0.487 e. The highest BCUT2D eigenvalue weighted by molar-refractivity contribution is 6.37. The van der Waals surface area contributed by atoms with Crippen molar-refractivity contribution in [2.75, 3.05) is 18.5 Å². The van der Waals surface area contributed by atoms with Gasteiger partial charge in [-0.25, -0.2) is 9.48 Å². The number of carboxylic acids is 1. The Morgan fingerprint density at radius 2 is 1.79 bits per heavy atom. The fraction of sp³-hybridized carbons (Fsp3) is 0.267. The normalized spacial score (nSPS) is 11.2. The number of halogens is 3. The van der Waals surface area contributed by atoms with Crippen LogP contribution in [-0.2, 0) is 13.0 Å². The summed E-state index contributed by atoms with van der Waals surface area (Å²) in [4.78, 5) is 13.7. The van der Waals surface area contributed by atoms with E-state index in [2.05, 4.69) is 23.8 Å². The molecule has 4 aromatic rings. The average Bonchev–Trinajstić information content (AvgIpc) is 3.29. The fourth-order valence-electron chi connectivity index (χ4n) is 4.58. The summed E-state index contributed by atoms with van der Waals surface area (Å²) >= 11 is 19.1. The summed E-state index contributed by atoms with van der Waals surface area (Å²) in [6.45, 7) is 7.15. The molecule has 0 radical (unpaired) electrons. The van der Waals surface area contributed by atoms with Gasteiger partial charge in [-0.05, 0) is 84.5 Å². The highest BCUT2D eigenvalue weighted by atomic mass is 35.5. The van der Waals surface area contributed by atoms with Crippen LogP contribution in [0.4, 0.5) is 5.69 Å². The molecule has 39 heavy (non-hydrogen) atoms. The number of nitrogens with zero attached hydrogens (tertiary/aromatic N) is 3. The number of anilines is 1. The lowest BCUT2D eigenvalue weighted by Crippen LogP contribution is -2.22. The van der Waals surface area contributed by atoms with Gasteiger partial charge in [0.05, 0.1) is 27.5 Å². The highest BCUT2D eigenvalue weighted by Crippen LogP contribution is 2.32. The van der Waals surface area contributed by atoms with E-state index in [0.717, 1.165) is 28.3 Å². The topological polar surface area (TPSA) is 67.6 Å². The number of likely N-dealkylation sites (N-methyl/N-ethyl adjacent to an activating group) is 1. The van der Waals surface area contributed by atoms with Crippen molar-refractivity contribution in [3.8, 4) is 11.4 Å². The quantitative estimate of drug-likeness (QED) is 0.203. The van der Waals surface area contributed by atoms with Gasteiger partial charge < -0.3 is 14.7 Å². The number of carbonyl (C=O) groups is 1. The minimum atomic E-state index is -0.958. The van der Waals surface area contributed by atoms with Gasteiger partial charge in [0.1, 0.15) is 18.0 Å². The predicted molar refractivity (Wildman–Crippen MR) is 159 cm³/mol. The molecule has 0 atom stereocenters. The summed E-state index contributed by atoms with van der Waals surface area (Å²) < 4.78 is 8.00. The van der Waals surface area contributed by atoms with E-state index in [1.54, 1.807) is 41.1 Å². The van der Waals surface area contributed by atoms with Crippen molar-refractivity contribution in [1.82, 2.24) is 9.78 Å². The summed E-state index contributed by atoms with van der Waals surface area (Å²) in [5, 5.41) is 15.6. The molecule has 0 bridgehead atoms. The zero-order chi connectivity index (χ0) is 28.3. The van der Waals surface area contributed by atoms with E-state index in [-0.39, 0.29) is 18.1 Å². The Bertz CT molecular complexity index is 1480. The summed E-state index contributed by atoms with van der Waals surface area (Å²) in [5.41, 5.74) is 5.60. The van der Waals surface area contributed by atoms with Crippen molar-refractivity contribution in [3.05, 3.63) is 104 Å². The van der Waals surface area contributed by atoms with Gasteiger partial charge in [-0.15, -0.1) is 0 Å². The van der Waals surface area contributed by atoms with E-state index >= 15 is 0 Å². The Morgan fingerprint density at radius 3 is 2.44 bits per heavy atom. The predicted octanol–water partition coefficient (Wildman–Crippen LogP) is 8.22. The molecular weight excluding hydrogens is 557 g/mol. The minimum Gasteiger partial charge on any atom is -0.487 e. The molecule has 0 saturated heterocycles. The van der Waals surface area contributed by atoms with E-state index in [9.17, 15) is 9.90 Å². The third kappa shape index (κ3) is 6.52. The average molecular weight is 587 g/mol. The van der Waals surface area contributed by atoms with Crippen LogP contribution in [0.15, 0.2) is 60.8 Å². The molecular formula is C30H30Cl3N3O3. The van der Waals surface area contributed by atoms with E-state index in [4.69, 9.17) is 39.5 Å². The van der Waals surface area contributed by atoms with Crippen LogP contribution in [0.1, 0.15) is 52.5 Å². The molecule has 0 amide bonds. The number of rotatable bonds is 10. The van der Waals surface area contributed by atoms with Gasteiger partial charge in [0.15, 0.2) is 0 Å². The number of ether oxygens (including phenoxy) is 1. The molecule has 3 aromatic carbocycles. The molecule has 1 N–H and O–H groups in total. The van der Waals surface area contributed by atoms with E-state index in [1.165, 1.54) is 0 Å². The Kier molecular flexibility index (Phi) is 9.11. The van der Waals surface area contributed by atoms with Gasteiger partial charge in [0, 0.05) is 24.3 Å². The van der Waals surface area contributed by atoms with Crippen molar-refractivity contribution < 1.29 is 14.6 Å². The molecule has 0 unspecified atom stereocenters. The SMILES string of the molecule is Cc1cc(OCc2c(C(C)C)cnn2-c2c(Cl)cccc2Cl)ccc1N(C)CCc1cc(Cl)ccc1C(=O)O. The highest BCUT2D eigenvalue weighted by Gasteiger charge is 2.20. The Hall–Kier alpha value is -3.19. The number of aryl methyl sites for hydroxylation is 1. The van der Waals surface area contributed by atoms with Crippen LogP contribution in [-0.4, -0.2) is 34.4 Å². The van der Waals surface area contributed by atoms with Crippen LogP contribution >= 0.6 is 34.8 Å². The summed E-state index contributed by atoms with van der Waals surface area (Å²) in [6, 6.07) is 16.2. The van der Waals surface area contributed by atoms with Crippen LogP contribution in [0, 0.1) is 6.92 Å². The van der Waals surface area contributed by atoms with Crippen LogP contribution in [0.5, 0.6) is 5.75 Å². The Labute approximate surface area is 243 Å². The lowest BCUT2D eigenvalue weighted by molar-refractivity contribution is 0.0695. The van der Waals surface area contributed by atoms with Crippen molar-refractivity contribution in [2.45, 2.75) is 39.7 Å².